The Kier molecular flexibility index (Phi) is 6.39. The molecule has 0 aliphatic carbocycles. The monoisotopic (exact) mass is 415 g/mol. The van der Waals surface area contributed by atoms with Crippen LogP contribution in [-0.2, 0) is 11.3 Å². The van der Waals surface area contributed by atoms with Gasteiger partial charge in [-0.2, -0.15) is 0 Å². The molecular formula is C23H27F2N3O2. The van der Waals surface area contributed by atoms with Crippen LogP contribution >= 0.6 is 0 Å². The number of anilines is 2. The van der Waals surface area contributed by atoms with Crippen LogP contribution in [0.15, 0.2) is 42.5 Å². The second kappa shape index (κ2) is 8.81. The molecule has 2 aromatic rings. The number of urea groups is 1. The molecule has 1 aliphatic rings. The quantitative estimate of drug-likeness (QED) is 0.732. The van der Waals surface area contributed by atoms with Gasteiger partial charge in [0.2, 0.25) is 5.91 Å². The smallest absolute Gasteiger partial charge is 0.324 e. The van der Waals surface area contributed by atoms with Crippen molar-refractivity contribution in [2.24, 2.45) is 5.41 Å². The number of halogens is 2. The Morgan fingerprint density at radius 1 is 1.03 bits per heavy atom. The summed E-state index contributed by atoms with van der Waals surface area (Å²) >= 11 is 0. The van der Waals surface area contributed by atoms with Gasteiger partial charge in [-0.3, -0.25) is 9.69 Å². The van der Waals surface area contributed by atoms with E-state index in [9.17, 15) is 18.4 Å². The van der Waals surface area contributed by atoms with E-state index < -0.39 is 11.6 Å². The summed E-state index contributed by atoms with van der Waals surface area (Å²) in [5.41, 5.74) is 1.70. The maximum atomic E-state index is 13.5. The minimum absolute atomic E-state index is 0.0576. The highest BCUT2D eigenvalue weighted by molar-refractivity contribution is 5.94. The lowest BCUT2D eigenvalue weighted by molar-refractivity contribution is -0.117. The van der Waals surface area contributed by atoms with Gasteiger partial charge in [0, 0.05) is 43.5 Å². The molecule has 1 heterocycles. The fraction of sp³-hybridized carbons (Fsp3) is 0.391. The molecule has 5 nitrogen and oxygen atoms in total. The van der Waals surface area contributed by atoms with Crippen LogP contribution in [0, 0.1) is 17.0 Å². The van der Waals surface area contributed by atoms with Crippen LogP contribution in [0.4, 0.5) is 25.0 Å². The van der Waals surface area contributed by atoms with E-state index in [4.69, 9.17) is 0 Å². The van der Waals surface area contributed by atoms with Crippen molar-refractivity contribution in [2.45, 2.75) is 40.2 Å². The summed E-state index contributed by atoms with van der Waals surface area (Å²) in [4.78, 5) is 28.2. The maximum absolute atomic E-state index is 13.5. The van der Waals surface area contributed by atoms with Crippen molar-refractivity contribution in [3.05, 3.63) is 59.7 Å². The van der Waals surface area contributed by atoms with E-state index in [1.165, 1.54) is 12.1 Å². The zero-order valence-corrected chi connectivity index (χ0v) is 17.5. The van der Waals surface area contributed by atoms with Crippen LogP contribution in [0.5, 0.6) is 0 Å². The molecular weight excluding hydrogens is 388 g/mol. The number of amides is 3. The number of rotatable bonds is 5. The van der Waals surface area contributed by atoms with Crippen LogP contribution in [0.1, 0.15) is 39.2 Å². The van der Waals surface area contributed by atoms with Crippen molar-refractivity contribution in [1.29, 1.82) is 0 Å². The lowest BCUT2D eigenvalue weighted by atomic mass is 9.92. The van der Waals surface area contributed by atoms with Crippen molar-refractivity contribution < 1.29 is 18.4 Å². The second-order valence-electron chi connectivity index (χ2n) is 8.82. The highest BCUT2D eigenvalue weighted by Crippen LogP contribution is 2.25. The third-order valence-corrected chi connectivity index (χ3v) is 4.76. The summed E-state index contributed by atoms with van der Waals surface area (Å²) in [6.07, 6.45) is 1.16. The zero-order valence-electron chi connectivity index (χ0n) is 17.5. The summed E-state index contributed by atoms with van der Waals surface area (Å²) in [7, 11) is 0. The van der Waals surface area contributed by atoms with E-state index in [1.807, 2.05) is 20.8 Å². The van der Waals surface area contributed by atoms with E-state index in [0.29, 0.717) is 36.4 Å². The molecule has 2 aromatic carbocycles. The predicted octanol–water partition coefficient (Wildman–Crippen LogP) is 5.17. The first kappa shape index (κ1) is 21.7. The van der Waals surface area contributed by atoms with Crippen LogP contribution in [0.3, 0.4) is 0 Å². The average molecular weight is 415 g/mol. The van der Waals surface area contributed by atoms with Gasteiger partial charge in [0.25, 0.3) is 0 Å². The summed E-state index contributed by atoms with van der Waals surface area (Å²) in [5.74, 6) is -1.37. The number of nitrogens with one attached hydrogen (secondary N) is 1. The van der Waals surface area contributed by atoms with Gasteiger partial charge in [-0.15, -0.1) is 0 Å². The highest BCUT2D eigenvalue weighted by Gasteiger charge is 2.27. The van der Waals surface area contributed by atoms with E-state index in [-0.39, 0.29) is 23.9 Å². The van der Waals surface area contributed by atoms with Crippen molar-refractivity contribution >= 4 is 23.3 Å². The van der Waals surface area contributed by atoms with E-state index >= 15 is 0 Å². The SMILES string of the molecule is CC(C)(C)CC(=O)Nc1ccc(N2CCCN(Cc3cc(F)cc(F)c3)C2=O)cc1. The molecule has 30 heavy (non-hydrogen) atoms. The summed E-state index contributed by atoms with van der Waals surface area (Å²) < 4.78 is 26.9. The lowest BCUT2D eigenvalue weighted by Crippen LogP contribution is -2.49. The molecule has 0 aromatic heterocycles. The maximum Gasteiger partial charge on any atom is 0.324 e. The highest BCUT2D eigenvalue weighted by atomic mass is 19.1. The molecule has 1 fully saturated rings. The van der Waals surface area contributed by atoms with Crippen molar-refractivity contribution in [1.82, 2.24) is 4.90 Å². The van der Waals surface area contributed by atoms with Gasteiger partial charge >= 0.3 is 6.03 Å². The summed E-state index contributed by atoms with van der Waals surface area (Å²) in [6, 6.07) is 10.2. The Bertz CT molecular complexity index is 903. The Balaban J connectivity index is 1.66. The Hall–Kier alpha value is -2.96. The van der Waals surface area contributed by atoms with E-state index in [0.717, 1.165) is 12.5 Å². The summed E-state index contributed by atoms with van der Waals surface area (Å²) in [6.45, 7) is 7.23. The standard InChI is InChI=1S/C23H27F2N3O2/c1-23(2,3)14-21(29)26-19-5-7-20(8-6-19)28-10-4-9-27(22(28)30)15-16-11-17(24)13-18(25)12-16/h5-8,11-13H,4,9-10,14-15H2,1-3H3,(H,26,29). The molecule has 1 aliphatic heterocycles. The number of benzene rings is 2. The Morgan fingerprint density at radius 3 is 2.27 bits per heavy atom. The van der Waals surface area contributed by atoms with Gasteiger partial charge in [0.1, 0.15) is 11.6 Å². The van der Waals surface area contributed by atoms with Crippen LogP contribution in [-0.4, -0.2) is 29.9 Å². The third kappa shape index (κ3) is 5.78. The van der Waals surface area contributed by atoms with Crippen LogP contribution < -0.4 is 10.2 Å². The first-order chi connectivity index (χ1) is 14.1. The first-order valence-corrected chi connectivity index (χ1v) is 10.0. The number of hydrogen-bond acceptors (Lipinski definition) is 2. The number of carbonyl (C=O) groups excluding carboxylic acids is 2. The van der Waals surface area contributed by atoms with Crippen molar-refractivity contribution in [3.8, 4) is 0 Å². The molecule has 3 rings (SSSR count). The van der Waals surface area contributed by atoms with E-state index in [1.54, 1.807) is 34.1 Å². The number of nitrogens with zero attached hydrogens (tertiary/aromatic N) is 2. The topological polar surface area (TPSA) is 52.7 Å². The first-order valence-electron chi connectivity index (χ1n) is 10.0. The van der Waals surface area contributed by atoms with Crippen molar-refractivity contribution in [3.63, 3.8) is 0 Å². The van der Waals surface area contributed by atoms with Gasteiger partial charge in [-0.05, 0) is 53.8 Å². The predicted molar refractivity (Wildman–Crippen MR) is 113 cm³/mol. The van der Waals surface area contributed by atoms with Crippen molar-refractivity contribution in [2.75, 3.05) is 23.3 Å². The molecule has 0 spiro atoms. The molecule has 1 N–H and O–H groups in total. The molecule has 160 valence electrons. The van der Waals surface area contributed by atoms with Gasteiger partial charge in [-0.25, -0.2) is 13.6 Å². The fourth-order valence-electron chi connectivity index (χ4n) is 3.50. The minimum atomic E-state index is -0.657. The number of hydrogen-bond donors (Lipinski definition) is 1. The molecule has 0 radical (unpaired) electrons. The van der Waals surface area contributed by atoms with Gasteiger partial charge in [0.05, 0.1) is 0 Å². The zero-order chi connectivity index (χ0) is 21.9. The molecule has 0 atom stereocenters. The Morgan fingerprint density at radius 2 is 1.67 bits per heavy atom. The molecule has 0 saturated carbocycles. The van der Waals surface area contributed by atoms with E-state index in [2.05, 4.69) is 5.32 Å². The molecule has 1 saturated heterocycles. The molecule has 0 bridgehead atoms. The normalized spacial score (nSPS) is 14.8. The minimum Gasteiger partial charge on any atom is -0.326 e. The third-order valence-electron chi connectivity index (χ3n) is 4.76. The van der Waals surface area contributed by atoms with Gasteiger partial charge < -0.3 is 10.2 Å². The summed E-state index contributed by atoms with van der Waals surface area (Å²) in [5, 5.41) is 2.87. The van der Waals surface area contributed by atoms with Gasteiger partial charge in [0.15, 0.2) is 0 Å². The fourth-order valence-corrected chi connectivity index (χ4v) is 3.50. The average Bonchev–Trinajstić information content (AvgIpc) is 2.62. The van der Waals surface area contributed by atoms with Crippen LogP contribution in [0.25, 0.3) is 0 Å². The number of carbonyl (C=O) groups is 2. The molecule has 0 unspecified atom stereocenters. The molecule has 7 heteroatoms. The Labute approximate surface area is 175 Å². The lowest BCUT2D eigenvalue weighted by Gasteiger charge is -2.35. The van der Waals surface area contributed by atoms with Crippen LogP contribution in [0.2, 0.25) is 0 Å². The molecule has 3 amide bonds. The van der Waals surface area contributed by atoms with Gasteiger partial charge in [-0.1, -0.05) is 20.8 Å². The second-order valence-corrected chi connectivity index (χ2v) is 8.82. The largest absolute Gasteiger partial charge is 0.326 e.